The highest BCUT2D eigenvalue weighted by Gasteiger charge is 2.16. The largest absolute Gasteiger partial charge is 0.495 e. The zero-order chi connectivity index (χ0) is 16.4. The lowest BCUT2D eigenvalue weighted by molar-refractivity contribution is 0.414. The van der Waals surface area contributed by atoms with E-state index in [0.29, 0.717) is 11.4 Å². The molecular weight excluding hydrogens is 336 g/mol. The zero-order valence-electron chi connectivity index (χ0n) is 12.2. The molecule has 0 amide bonds. The van der Waals surface area contributed by atoms with Crippen LogP contribution in [0.1, 0.15) is 0 Å². The van der Waals surface area contributed by atoms with Gasteiger partial charge < -0.3 is 4.74 Å². The molecule has 0 spiro atoms. The van der Waals surface area contributed by atoms with Crippen LogP contribution in [0, 0.1) is 0 Å². The number of nitrogens with zero attached hydrogens (tertiary/aromatic N) is 1. The van der Waals surface area contributed by atoms with Crippen molar-refractivity contribution in [3.8, 4) is 5.75 Å². The van der Waals surface area contributed by atoms with E-state index in [1.165, 1.54) is 31.5 Å². The minimum absolute atomic E-state index is 0.0523. The lowest BCUT2D eigenvalue weighted by atomic mass is 10.2. The first kappa shape index (κ1) is 15.6. The number of halogens is 1. The van der Waals surface area contributed by atoms with Gasteiger partial charge in [-0.3, -0.25) is 9.71 Å². The Morgan fingerprint density at radius 1 is 1.13 bits per heavy atom. The van der Waals surface area contributed by atoms with Crippen LogP contribution in [0.15, 0.2) is 59.6 Å². The predicted molar refractivity (Wildman–Crippen MR) is 90.6 cm³/mol. The van der Waals surface area contributed by atoms with Gasteiger partial charge in [-0.2, -0.15) is 0 Å². The van der Waals surface area contributed by atoms with Crippen molar-refractivity contribution in [3.63, 3.8) is 0 Å². The molecule has 3 rings (SSSR count). The first-order valence-corrected chi connectivity index (χ1v) is 8.57. The third-order valence-electron chi connectivity index (χ3n) is 3.28. The van der Waals surface area contributed by atoms with E-state index in [-0.39, 0.29) is 9.92 Å². The topological polar surface area (TPSA) is 68.3 Å². The van der Waals surface area contributed by atoms with E-state index in [1.807, 2.05) is 24.3 Å². The summed E-state index contributed by atoms with van der Waals surface area (Å²) in [5, 5.41) is 1.08. The van der Waals surface area contributed by atoms with Crippen molar-refractivity contribution in [1.29, 1.82) is 0 Å². The number of aromatic nitrogens is 1. The van der Waals surface area contributed by atoms with Crippen LogP contribution in [0.3, 0.4) is 0 Å². The summed E-state index contributed by atoms with van der Waals surface area (Å²) in [6, 6.07) is 13.5. The Morgan fingerprint density at radius 3 is 2.65 bits per heavy atom. The number of para-hydroxylation sites is 1. The summed E-state index contributed by atoms with van der Waals surface area (Å²) in [5.74, 6) is 0.415. The molecule has 3 aromatic rings. The maximum atomic E-state index is 12.5. The quantitative estimate of drug-likeness (QED) is 0.780. The monoisotopic (exact) mass is 348 g/mol. The van der Waals surface area contributed by atoms with E-state index >= 15 is 0 Å². The van der Waals surface area contributed by atoms with Gasteiger partial charge in [0.05, 0.1) is 34.4 Å². The average molecular weight is 349 g/mol. The third-order valence-corrected chi connectivity index (χ3v) is 4.95. The standard InChI is InChI=1S/C16H13ClN2O3S/c1-22-16-7-6-13(9-14(16)17)23(20,21)19-12-8-11-4-2-3-5-15(11)18-10-12/h2-10,19H,1H3. The Bertz CT molecular complexity index is 974. The molecule has 0 atom stereocenters. The molecular formula is C16H13ClN2O3S. The van der Waals surface area contributed by atoms with Crippen molar-refractivity contribution < 1.29 is 13.2 Å². The van der Waals surface area contributed by atoms with Crippen LogP contribution in [-0.4, -0.2) is 20.5 Å². The van der Waals surface area contributed by atoms with E-state index in [1.54, 1.807) is 6.07 Å². The fourth-order valence-corrected chi connectivity index (χ4v) is 3.54. The van der Waals surface area contributed by atoms with Crippen LogP contribution >= 0.6 is 11.6 Å². The molecule has 118 valence electrons. The Balaban J connectivity index is 1.94. The summed E-state index contributed by atoms with van der Waals surface area (Å²) >= 11 is 5.99. The van der Waals surface area contributed by atoms with Crippen LogP contribution in [0.5, 0.6) is 5.75 Å². The molecule has 1 aromatic heterocycles. The Morgan fingerprint density at radius 2 is 1.91 bits per heavy atom. The molecule has 0 unspecified atom stereocenters. The summed E-state index contributed by atoms with van der Waals surface area (Å²) in [4.78, 5) is 4.28. The maximum Gasteiger partial charge on any atom is 0.261 e. The Labute approximate surface area is 138 Å². The van der Waals surface area contributed by atoms with Gasteiger partial charge in [-0.1, -0.05) is 29.8 Å². The van der Waals surface area contributed by atoms with Gasteiger partial charge in [0.15, 0.2) is 0 Å². The Hall–Kier alpha value is -2.31. The maximum absolute atomic E-state index is 12.5. The molecule has 0 saturated heterocycles. The highest BCUT2D eigenvalue weighted by atomic mass is 35.5. The molecule has 1 heterocycles. The number of ether oxygens (including phenoxy) is 1. The van der Waals surface area contributed by atoms with Crippen LogP contribution < -0.4 is 9.46 Å². The number of fused-ring (bicyclic) bond motifs is 1. The normalized spacial score (nSPS) is 11.4. The molecule has 7 heteroatoms. The lowest BCUT2D eigenvalue weighted by Crippen LogP contribution is -2.13. The average Bonchev–Trinajstić information content (AvgIpc) is 2.54. The summed E-state index contributed by atoms with van der Waals surface area (Å²) < 4.78 is 32.4. The molecule has 2 aromatic carbocycles. The van der Waals surface area contributed by atoms with Gasteiger partial charge in [0.25, 0.3) is 10.0 Å². The highest BCUT2D eigenvalue weighted by molar-refractivity contribution is 7.92. The Kier molecular flexibility index (Phi) is 4.11. The van der Waals surface area contributed by atoms with E-state index in [4.69, 9.17) is 16.3 Å². The van der Waals surface area contributed by atoms with Crippen LogP contribution in [0.25, 0.3) is 10.9 Å². The van der Waals surface area contributed by atoms with Crippen molar-refractivity contribution in [1.82, 2.24) is 4.98 Å². The van der Waals surface area contributed by atoms with Crippen molar-refractivity contribution >= 4 is 38.2 Å². The van der Waals surface area contributed by atoms with Crippen molar-refractivity contribution in [2.24, 2.45) is 0 Å². The van der Waals surface area contributed by atoms with Gasteiger partial charge in [0.1, 0.15) is 5.75 Å². The second kappa shape index (κ2) is 6.06. The highest BCUT2D eigenvalue weighted by Crippen LogP contribution is 2.28. The molecule has 0 aliphatic carbocycles. The van der Waals surface area contributed by atoms with Crippen molar-refractivity contribution in [2.45, 2.75) is 4.90 Å². The summed E-state index contributed by atoms with van der Waals surface area (Å²) in [5.41, 5.74) is 1.18. The summed E-state index contributed by atoms with van der Waals surface area (Å²) in [6.07, 6.45) is 1.48. The number of pyridine rings is 1. The summed E-state index contributed by atoms with van der Waals surface area (Å²) in [6.45, 7) is 0. The van der Waals surface area contributed by atoms with E-state index < -0.39 is 10.0 Å². The van der Waals surface area contributed by atoms with Crippen LogP contribution in [0.4, 0.5) is 5.69 Å². The number of anilines is 1. The first-order chi connectivity index (χ1) is 11.0. The van der Waals surface area contributed by atoms with E-state index in [0.717, 1.165) is 10.9 Å². The molecule has 23 heavy (non-hydrogen) atoms. The van der Waals surface area contributed by atoms with Crippen LogP contribution in [-0.2, 0) is 10.0 Å². The molecule has 0 fully saturated rings. The molecule has 0 aliphatic heterocycles. The second-order valence-electron chi connectivity index (χ2n) is 4.82. The number of rotatable bonds is 4. The number of methoxy groups -OCH3 is 1. The number of nitrogens with one attached hydrogen (secondary N) is 1. The molecule has 0 saturated carbocycles. The SMILES string of the molecule is COc1ccc(S(=O)(=O)Nc2cnc3ccccc3c2)cc1Cl. The van der Waals surface area contributed by atoms with Crippen molar-refractivity contribution in [3.05, 3.63) is 59.8 Å². The van der Waals surface area contributed by atoms with Gasteiger partial charge >= 0.3 is 0 Å². The molecule has 0 bridgehead atoms. The lowest BCUT2D eigenvalue weighted by Gasteiger charge is -2.10. The number of hydrogen-bond acceptors (Lipinski definition) is 4. The third kappa shape index (κ3) is 3.23. The number of sulfonamides is 1. The predicted octanol–water partition coefficient (Wildman–Crippen LogP) is 3.70. The fraction of sp³-hybridized carbons (Fsp3) is 0.0625. The fourth-order valence-electron chi connectivity index (χ4n) is 2.16. The van der Waals surface area contributed by atoms with Crippen LogP contribution in [0.2, 0.25) is 5.02 Å². The van der Waals surface area contributed by atoms with Gasteiger partial charge in [0.2, 0.25) is 0 Å². The minimum Gasteiger partial charge on any atom is -0.495 e. The first-order valence-electron chi connectivity index (χ1n) is 6.71. The van der Waals surface area contributed by atoms with E-state index in [2.05, 4.69) is 9.71 Å². The van der Waals surface area contributed by atoms with Gasteiger partial charge in [-0.25, -0.2) is 8.42 Å². The number of benzene rings is 2. The number of hydrogen-bond donors (Lipinski definition) is 1. The summed E-state index contributed by atoms with van der Waals surface area (Å²) in [7, 11) is -2.29. The zero-order valence-corrected chi connectivity index (χ0v) is 13.7. The molecule has 0 aliphatic rings. The van der Waals surface area contributed by atoms with Gasteiger partial charge in [0, 0.05) is 5.39 Å². The smallest absolute Gasteiger partial charge is 0.261 e. The van der Waals surface area contributed by atoms with Gasteiger partial charge in [-0.05, 0) is 30.3 Å². The molecule has 5 nitrogen and oxygen atoms in total. The molecule has 1 N–H and O–H groups in total. The van der Waals surface area contributed by atoms with Gasteiger partial charge in [-0.15, -0.1) is 0 Å². The second-order valence-corrected chi connectivity index (χ2v) is 6.91. The van der Waals surface area contributed by atoms with Crippen molar-refractivity contribution in [2.75, 3.05) is 11.8 Å². The minimum atomic E-state index is -3.76. The molecule has 0 radical (unpaired) electrons. The van der Waals surface area contributed by atoms with E-state index in [9.17, 15) is 8.42 Å².